The third-order valence-electron chi connectivity index (χ3n) is 5.02. The second-order valence-corrected chi connectivity index (χ2v) is 6.52. The number of aliphatic hydroxyl groups is 1. The summed E-state index contributed by atoms with van der Waals surface area (Å²) >= 11 is 0. The molecule has 4 rings (SSSR count). The molecule has 5 nitrogen and oxygen atoms in total. The van der Waals surface area contributed by atoms with Crippen LogP contribution in [0.15, 0.2) is 24.3 Å². The minimum atomic E-state index is -0.0259. The quantitative estimate of drug-likeness (QED) is 0.702. The topological polar surface area (TPSA) is 78.8 Å². The molecule has 0 atom stereocenters. The van der Waals surface area contributed by atoms with Crippen LogP contribution in [0.2, 0.25) is 0 Å². The third-order valence-corrected chi connectivity index (χ3v) is 5.02. The van der Waals surface area contributed by atoms with Crippen molar-refractivity contribution in [1.29, 1.82) is 0 Å². The molecule has 120 valence electrons. The van der Waals surface area contributed by atoms with Gasteiger partial charge in [0, 0.05) is 54.5 Å². The predicted molar refractivity (Wildman–Crippen MR) is 94.5 cm³/mol. The Morgan fingerprint density at radius 1 is 0.913 bits per heavy atom. The number of nitrogen functional groups attached to an aromatic ring is 2. The fraction of sp³-hybridized carbons (Fsp3) is 0.333. The van der Waals surface area contributed by atoms with Crippen LogP contribution in [0.5, 0.6) is 0 Å². The Morgan fingerprint density at radius 3 is 2.09 bits per heavy atom. The lowest BCUT2D eigenvalue weighted by atomic mass is 10.0. The molecule has 2 aromatic rings. The molecule has 5 N–H and O–H groups in total. The van der Waals surface area contributed by atoms with E-state index in [1.807, 2.05) is 12.1 Å². The van der Waals surface area contributed by atoms with Crippen molar-refractivity contribution < 1.29 is 5.11 Å². The first-order valence-corrected chi connectivity index (χ1v) is 7.98. The number of fused-ring (bicyclic) bond motifs is 7. The number of nitrogens with zero attached hydrogens (tertiary/aromatic N) is 2. The van der Waals surface area contributed by atoms with E-state index in [4.69, 9.17) is 11.5 Å². The van der Waals surface area contributed by atoms with Gasteiger partial charge in [-0.15, -0.1) is 0 Å². The van der Waals surface area contributed by atoms with Crippen LogP contribution in [-0.4, -0.2) is 18.2 Å². The van der Waals surface area contributed by atoms with Crippen molar-refractivity contribution >= 4 is 22.7 Å². The Hall–Kier alpha value is -2.40. The lowest BCUT2D eigenvalue weighted by molar-refractivity contribution is 0.282. The van der Waals surface area contributed by atoms with Crippen molar-refractivity contribution in [3.63, 3.8) is 0 Å². The number of benzene rings is 2. The molecule has 23 heavy (non-hydrogen) atoms. The average molecular weight is 310 g/mol. The zero-order chi connectivity index (χ0) is 16.1. The van der Waals surface area contributed by atoms with E-state index in [2.05, 4.69) is 28.9 Å². The van der Waals surface area contributed by atoms with Gasteiger partial charge in [-0.1, -0.05) is 6.07 Å². The SMILES string of the molecule is Cc1cc2c(cc1N)N1CCN(C2)c2cc(N)c(CO)cc2C1. The number of hydrogen-bond donors (Lipinski definition) is 3. The van der Waals surface area contributed by atoms with Crippen LogP contribution in [-0.2, 0) is 19.7 Å². The minimum Gasteiger partial charge on any atom is -0.398 e. The lowest BCUT2D eigenvalue weighted by Gasteiger charge is -2.29. The van der Waals surface area contributed by atoms with Crippen LogP contribution in [0.25, 0.3) is 0 Å². The van der Waals surface area contributed by atoms with Crippen molar-refractivity contribution in [2.45, 2.75) is 26.6 Å². The molecule has 0 fully saturated rings. The molecule has 0 radical (unpaired) electrons. The van der Waals surface area contributed by atoms with Gasteiger partial charge in [0.25, 0.3) is 0 Å². The molecule has 0 aliphatic carbocycles. The molecule has 2 aliphatic rings. The minimum absolute atomic E-state index is 0.0259. The Morgan fingerprint density at radius 2 is 1.48 bits per heavy atom. The van der Waals surface area contributed by atoms with Crippen LogP contribution < -0.4 is 21.3 Å². The van der Waals surface area contributed by atoms with Crippen LogP contribution in [0.1, 0.15) is 22.3 Å². The van der Waals surface area contributed by atoms with Gasteiger partial charge in [-0.3, -0.25) is 0 Å². The number of nitrogens with two attached hydrogens (primary N) is 2. The fourth-order valence-electron chi connectivity index (χ4n) is 3.67. The summed E-state index contributed by atoms with van der Waals surface area (Å²) < 4.78 is 0. The smallest absolute Gasteiger partial charge is 0.0702 e. The van der Waals surface area contributed by atoms with E-state index in [-0.39, 0.29) is 6.61 Å². The van der Waals surface area contributed by atoms with Crippen molar-refractivity contribution in [2.24, 2.45) is 0 Å². The van der Waals surface area contributed by atoms with Crippen molar-refractivity contribution in [3.8, 4) is 0 Å². The molecule has 0 spiro atoms. The standard InChI is InChI=1S/C18H22N4O/c1-11-4-12-8-21-2-3-22(17(12)6-15(11)19)9-13-5-14(10-23)16(20)7-18(13)21/h4-7,23H,2-3,8-10,19-20H2,1H3. The summed E-state index contributed by atoms with van der Waals surface area (Å²) in [5.74, 6) is 0. The number of rotatable bonds is 1. The summed E-state index contributed by atoms with van der Waals surface area (Å²) in [4.78, 5) is 4.77. The largest absolute Gasteiger partial charge is 0.398 e. The van der Waals surface area contributed by atoms with Crippen LogP contribution in [0.4, 0.5) is 22.7 Å². The zero-order valence-corrected chi connectivity index (χ0v) is 13.3. The first-order chi connectivity index (χ1) is 11.1. The van der Waals surface area contributed by atoms with Crippen molar-refractivity contribution in [3.05, 3.63) is 46.5 Å². The van der Waals surface area contributed by atoms with Gasteiger partial charge in [-0.25, -0.2) is 0 Å². The van der Waals surface area contributed by atoms with Gasteiger partial charge in [0.15, 0.2) is 0 Å². The van der Waals surface area contributed by atoms with Gasteiger partial charge in [0.2, 0.25) is 0 Å². The van der Waals surface area contributed by atoms with Gasteiger partial charge < -0.3 is 26.4 Å². The highest BCUT2D eigenvalue weighted by atomic mass is 16.3. The van der Waals surface area contributed by atoms with Gasteiger partial charge in [0.05, 0.1) is 6.61 Å². The van der Waals surface area contributed by atoms with Gasteiger partial charge >= 0.3 is 0 Å². The summed E-state index contributed by atoms with van der Waals surface area (Å²) in [5.41, 5.74) is 20.6. The molecule has 0 saturated heterocycles. The monoisotopic (exact) mass is 310 g/mol. The Kier molecular flexibility index (Phi) is 3.13. The molecule has 0 amide bonds. The van der Waals surface area contributed by atoms with Gasteiger partial charge in [0.1, 0.15) is 0 Å². The second-order valence-electron chi connectivity index (χ2n) is 6.52. The van der Waals surface area contributed by atoms with Crippen LogP contribution in [0.3, 0.4) is 0 Å². The maximum absolute atomic E-state index is 9.49. The number of anilines is 4. The normalized spacial score (nSPS) is 15.9. The van der Waals surface area contributed by atoms with E-state index in [0.717, 1.165) is 43.0 Å². The Labute approximate surface area is 136 Å². The molecule has 5 heteroatoms. The molecule has 2 bridgehead atoms. The molecular formula is C18H22N4O. The number of hydrogen-bond acceptors (Lipinski definition) is 5. The number of aliphatic hydroxyl groups excluding tert-OH is 1. The Balaban J connectivity index is 1.86. The Bertz CT molecular complexity index is 787. The van der Waals surface area contributed by atoms with Gasteiger partial charge in [-0.05, 0) is 41.8 Å². The van der Waals surface area contributed by atoms with Crippen LogP contribution >= 0.6 is 0 Å². The molecule has 0 unspecified atom stereocenters. The first kappa shape index (κ1) is 14.2. The third kappa shape index (κ3) is 2.19. The molecular weight excluding hydrogens is 288 g/mol. The summed E-state index contributed by atoms with van der Waals surface area (Å²) in [6.07, 6.45) is 0. The average Bonchev–Trinajstić information content (AvgIpc) is 2.79. The lowest BCUT2D eigenvalue weighted by Crippen LogP contribution is -2.26. The van der Waals surface area contributed by atoms with Crippen molar-refractivity contribution in [1.82, 2.24) is 0 Å². The summed E-state index contributed by atoms with van der Waals surface area (Å²) in [5, 5.41) is 9.49. The van der Waals surface area contributed by atoms with Crippen LogP contribution in [0, 0.1) is 6.92 Å². The highest BCUT2D eigenvalue weighted by Gasteiger charge is 2.27. The summed E-state index contributed by atoms with van der Waals surface area (Å²) in [7, 11) is 0. The predicted octanol–water partition coefficient (Wildman–Crippen LogP) is 1.99. The van der Waals surface area contributed by atoms with E-state index < -0.39 is 0 Å². The van der Waals surface area contributed by atoms with E-state index in [9.17, 15) is 5.11 Å². The highest BCUT2D eigenvalue weighted by Crippen LogP contribution is 2.38. The maximum Gasteiger partial charge on any atom is 0.0702 e. The first-order valence-electron chi connectivity index (χ1n) is 7.98. The molecule has 2 aliphatic heterocycles. The zero-order valence-electron chi connectivity index (χ0n) is 13.3. The molecule has 2 aromatic carbocycles. The summed E-state index contributed by atoms with van der Waals surface area (Å²) in [6.45, 7) is 5.62. The van der Waals surface area contributed by atoms with E-state index in [1.165, 1.54) is 22.5 Å². The van der Waals surface area contributed by atoms with Crippen molar-refractivity contribution in [2.75, 3.05) is 34.4 Å². The molecule has 0 aromatic heterocycles. The van der Waals surface area contributed by atoms with E-state index in [0.29, 0.717) is 5.69 Å². The van der Waals surface area contributed by atoms with E-state index >= 15 is 0 Å². The number of aryl methyl sites for hydroxylation is 1. The molecule has 0 saturated carbocycles. The summed E-state index contributed by atoms with van der Waals surface area (Å²) in [6, 6.07) is 8.36. The highest BCUT2D eigenvalue weighted by molar-refractivity contribution is 5.72. The fourth-order valence-corrected chi connectivity index (χ4v) is 3.67. The molecule has 2 heterocycles. The van der Waals surface area contributed by atoms with Gasteiger partial charge in [-0.2, -0.15) is 0 Å². The van der Waals surface area contributed by atoms with E-state index in [1.54, 1.807) is 0 Å². The second kappa shape index (κ2) is 5.06. The maximum atomic E-state index is 9.49.